The molecule has 0 atom stereocenters. The average Bonchev–Trinajstić information content (AvgIpc) is 3.17. The highest BCUT2D eigenvalue weighted by Crippen LogP contribution is 2.21. The fraction of sp³-hybridized carbons (Fsp3) is 0.316. The van der Waals surface area contributed by atoms with Crippen LogP contribution < -0.4 is 5.56 Å². The van der Waals surface area contributed by atoms with Crippen molar-refractivity contribution in [2.45, 2.75) is 13.5 Å². The number of aromatic nitrogens is 2. The topological polar surface area (TPSA) is 101 Å². The summed E-state index contributed by atoms with van der Waals surface area (Å²) >= 11 is 1.42. The van der Waals surface area contributed by atoms with Gasteiger partial charge in [-0.25, -0.2) is 4.98 Å². The average molecular weight is 413 g/mol. The number of nitro benzene ring substituents is 1. The molecule has 1 fully saturated rings. The Morgan fingerprint density at radius 2 is 2.00 bits per heavy atom. The molecule has 3 aromatic rings. The molecule has 0 bridgehead atoms. The van der Waals surface area contributed by atoms with Crippen LogP contribution in [0.5, 0.6) is 0 Å². The number of carbonyl (C=O) groups excluding carboxylic acids is 1. The van der Waals surface area contributed by atoms with Crippen molar-refractivity contribution in [1.29, 1.82) is 0 Å². The molecule has 0 saturated carbocycles. The van der Waals surface area contributed by atoms with Crippen LogP contribution in [-0.4, -0.2) is 56.2 Å². The zero-order valence-electron chi connectivity index (χ0n) is 15.8. The van der Waals surface area contributed by atoms with E-state index in [1.54, 1.807) is 36.2 Å². The molecule has 1 amide bonds. The predicted molar refractivity (Wildman–Crippen MR) is 108 cm³/mol. The maximum absolute atomic E-state index is 12.7. The molecular formula is C19H19N5O4S. The number of thiazole rings is 1. The third-order valence-electron chi connectivity index (χ3n) is 5.05. The maximum Gasteiger partial charge on any atom is 0.273 e. The van der Waals surface area contributed by atoms with E-state index in [0.717, 1.165) is 0 Å². The number of benzene rings is 1. The van der Waals surface area contributed by atoms with Crippen LogP contribution in [0, 0.1) is 17.0 Å². The van der Waals surface area contributed by atoms with Crippen molar-refractivity contribution in [2.75, 3.05) is 26.2 Å². The van der Waals surface area contributed by atoms with Crippen molar-refractivity contribution in [2.24, 2.45) is 0 Å². The predicted octanol–water partition coefficient (Wildman–Crippen LogP) is 1.93. The quantitative estimate of drug-likeness (QED) is 0.479. The third-order valence-corrected chi connectivity index (χ3v) is 5.81. The first-order chi connectivity index (χ1) is 13.9. The Bertz CT molecular complexity index is 1150. The van der Waals surface area contributed by atoms with Crippen molar-refractivity contribution in [3.8, 4) is 0 Å². The van der Waals surface area contributed by atoms with E-state index in [2.05, 4.69) is 9.88 Å². The number of nitrogens with zero attached hydrogens (tertiary/aromatic N) is 5. The lowest BCUT2D eigenvalue weighted by Gasteiger charge is -2.34. The molecular weight excluding hydrogens is 394 g/mol. The molecule has 0 unspecified atom stereocenters. The molecule has 0 aliphatic carbocycles. The van der Waals surface area contributed by atoms with E-state index < -0.39 is 4.92 Å². The summed E-state index contributed by atoms with van der Waals surface area (Å²) < 4.78 is 1.52. The Balaban J connectivity index is 1.41. The number of rotatable bonds is 4. The second-order valence-corrected chi connectivity index (χ2v) is 7.84. The molecule has 150 valence electrons. The molecule has 10 heteroatoms. The van der Waals surface area contributed by atoms with Crippen molar-refractivity contribution < 1.29 is 9.72 Å². The summed E-state index contributed by atoms with van der Waals surface area (Å²) in [6.07, 6.45) is 1.71. The molecule has 0 spiro atoms. The number of piperazine rings is 1. The normalized spacial score (nSPS) is 15.0. The van der Waals surface area contributed by atoms with Gasteiger partial charge in [0.1, 0.15) is 0 Å². The van der Waals surface area contributed by atoms with E-state index in [1.165, 1.54) is 21.8 Å². The Morgan fingerprint density at radius 3 is 2.72 bits per heavy atom. The molecule has 0 radical (unpaired) electrons. The largest absolute Gasteiger partial charge is 0.336 e. The van der Waals surface area contributed by atoms with Gasteiger partial charge in [0.15, 0.2) is 4.96 Å². The maximum atomic E-state index is 12.7. The minimum absolute atomic E-state index is 0.0455. The molecule has 9 nitrogen and oxygen atoms in total. The SMILES string of the molecule is Cc1ccc(C(=O)N2CCN(Cc3cc(=O)n4ccsc4n3)CC2)cc1[N+](=O)[O-]. The zero-order valence-corrected chi connectivity index (χ0v) is 16.6. The molecule has 4 rings (SSSR count). The summed E-state index contributed by atoms with van der Waals surface area (Å²) in [6, 6.07) is 6.12. The van der Waals surface area contributed by atoms with Gasteiger partial charge < -0.3 is 4.90 Å². The fourth-order valence-corrected chi connectivity index (χ4v) is 4.17. The first-order valence-corrected chi connectivity index (χ1v) is 10.0. The minimum Gasteiger partial charge on any atom is -0.336 e. The van der Waals surface area contributed by atoms with Gasteiger partial charge in [-0.1, -0.05) is 6.07 Å². The summed E-state index contributed by atoms with van der Waals surface area (Å²) in [4.78, 5) is 44.5. The van der Waals surface area contributed by atoms with Gasteiger partial charge in [-0.2, -0.15) is 0 Å². The van der Waals surface area contributed by atoms with Crippen LogP contribution in [0.2, 0.25) is 0 Å². The molecule has 29 heavy (non-hydrogen) atoms. The first kappa shape index (κ1) is 19.2. The molecule has 0 N–H and O–H groups in total. The van der Waals surface area contributed by atoms with Gasteiger partial charge in [0.25, 0.3) is 17.2 Å². The van der Waals surface area contributed by atoms with Gasteiger partial charge in [0.05, 0.1) is 10.6 Å². The summed E-state index contributed by atoms with van der Waals surface area (Å²) in [6.45, 7) is 4.51. The van der Waals surface area contributed by atoms with Gasteiger partial charge >= 0.3 is 0 Å². The highest BCUT2D eigenvalue weighted by molar-refractivity contribution is 7.15. The Morgan fingerprint density at radius 1 is 1.24 bits per heavy atom. The highest BCUT2D eigenvalue weighted by Gasteiger charge is 2.24. The first-order valence-electron chi connectivity index (χ1n) is 9.15. The third kappa shape index (κ3) is 3.89. The van der Waals surface area contributed by atoms with Crippen LogP contribution >= 0.6 is 11.3 Å². The number of hydrogen-bond donors (Lipinski definition) is 0. The lowest BCUT2D eigenvalue weighted by molar-refractivity contribution is -0.385. The van der Waals surface area contributed by atoms with Crippen molar-refractivity contribution >= 4 is 27.9 Å². The number of amides is 1. The van der Waals surface area contributed by atoms with Crippen LogP contribution in [0.15, 0.2) is 40.6 Å². The van der Waals surface area contributed by atoms with E-state index in [4.69, 9.17) is 0 Å². The zero-order chi connectivity index (χ0) is 20.5. The van der Waals surface area contributed by atoms with Gasteiger partial charge in [-0.05, 0) is 13.0 Å². The Kier molecular flexibility index (Phi) is 5.12. The highest BCUT2D eigenvalue weighted by atomic mass is 32.1. The van der Waals surface area contributed by atoms with Crippen LogP contribution in [0.4, 0.5) is 5.69 Å². The standard InChI is InChI=1S/C19H19N5O4S/c1-13-2-3-14(10-16(13)24(27)28)18(26)22-6-4-21(5-7-22)12-15-11-17(25)23-8-9-29-19(23)20-15/h2-3,8-11H,4-7,12H2,1H3. The summed E-state index contributed by atoms with van der Waals surface area (Å²) in [7, 11) is 0. The second-order valence-electron chi connectivity index (χ2n) is 6.97. The van der Waals surface area contributed by atoms with Crippen molar-refractivity contribution in [1.82, 2.24) is 19.2 Å². The van der Waals surface area contributed by atoms with Crippen LogP contribution in [-0.2, 0) is 6.54 Å². The summed E-state index contributed by atoms with van der Waals surface area (Å²) in [5.41, 5.74) is 1.43. The van der Waals surface area contributed by atoms with Crippen LogP contribution in [0.1, 0.15) is 21.6 Å². The minimum atomic E-state index is -0.468. The van der Waals surface area contributed by atoms with Crippen molar-refractivity contribution in [3.63, 3.8) is 0 Å². The molecule has 3 heterocycles. The van der Waals surface area contributed by atoms with Gasteiger partial charge in [0.2, 0.25) is 0 Å². The second kappa shape index (κ2) is 7.72. The van der Waals surface area contributed by atoms with E-state index in [1.807, 2.05) is 5.38 Å². The Labute approximate surface area is 170 Å². The van der Waals surface area contributed by atoms with Crippen LogP contribution in [0.25, 0.3) is 4.96 Å². The van der Waals surface area contributed by atoms with E-state index in [-0.39, 0.29) is 17.2 Å². The van der Waals surface area contributed by atoms with E-state index >= 15 is 0 Å². The molecule has 1 aromatic carbocycles. The summed E-state index contributed by atoms with van der Waals surface area (Å²) in [5, 5.41) is 12.9. The number of carbonyl (C=O) groups is 1. The van der Waals surface area contributed by atoms with Gasteiger partial charge in [-0.3, -0.25) is 29.0 Å². The molecule has 1 aliphatic rings. The Hall–Kier alpha value is -3.11. The summed E-state index contributed by atoms with van der Waals surface area (Å²) in [5.74, 6) is -0.205. The van der Waals surface area contributed by atoms with Gasteiger partial charge in [0, 0.05) is 67.6 Å². The smallest absolute Gasteiger partial charge is 0.273 e. The lowest BCUT2D eigenvalue weighted by Crippen LogP contribution is -2.48. The number of hydrogen-bond acceptors (Lipinski definition) is 7. The number of nitro groups is 1. The lowest BCUT2D eigenvalue weighted by atomic mass is 10.1. The molecule has 1 aliphatic heterocycles. The monoisotopic (exact) mass is 413 g/mol. The fourth-order valence-electron chi connectivity index (χ4n) is 3.43. The molecule has 1 saturated heterocycles. The van der Waals surface area contributed by atoms with E-state index in [0.29, 0.717) is 54.5 Å². The van der Waals surface area contributed by atoms with E-state index in [9.17, 15) is 19.7 Å². The number of aryl methyl sites for hydroxylation is 1. The van der Waals surface area contributed by atoms with Crippen molar-refractivity contribution in [3.05, 3.63) is 73.1 Å². The number of fused-ring (bicyclic) bond motifs is 1. The van der Waals surface area contributed by atoms with Crippen LogP contribution in [0.3, 0.4) is 0 Å². The van der Waals surface area contributed by atoms with Gasteiger partial charge in [-0.15, -0.1) is 11.3 Å². The molecule has 2 aromatic heterocycles.